The highest BCUT2D eigenvalue weighted by Gasteiger charge is 2.02. The van der Waals surface area contributed by atoms with Gasteiger partial charge in [0.05, 0.1) is 0 Å². The van der Waals surface area contributed by atoms with Gasteiger partial charge in [-0.2, -0.15) is 0 Å². The van der Waals surface area contributed by atoms with Gasteiger partial charge in [0.15, 0.2) is 5.78 Å². The molecule has 0 unspecified atom stereocenters. The average molecular weight is 384 g/mol. The number of allylic oxidation sites excluding steroid dienone is 1. The fourth-order valence-corrected chi connectivity index (χ4v) is 2.63. The molecule has 0 heterocycles. The smallest absolute Gasteiger partial charge is 0.185 e. The Morgan fingerprint density at radius 2 is 1.57 bits per heavy atom. The number of hydrogen-bond acceptors (Lipinski definition) is 1. The van der Waals surface area contributed by atoms with E-state index < -0.39 is 0 Å². The molecular weight excluding hydrogens is 371 g/mol. The molecule has 3 aromatic carbocycles. The third-order valence-electron chi connectivity index (χ3n) is 3.37. The van der Waals surface area contributed by atoms with Crippen LogP contribution in [0.2, 0.25) is 0 Å². The van der Waals surface area contributed by atoms with Gasteiger partial charge in [0, 0.05) is 9.13 Å². The standard InChI is InChI=1S/C19H13IO/c20-17-11-8-16(9-12-17)19(21)13-10-15-6-3-5-14-4-1-2-7-18(14)15/h1-13H/b13-10+. The highest BCUT2D eigenvalue weighted by atomic mass is 127. The summed E-state index contributed by atoms with van der Waals surface area (Å²) in [6.07, 6.45) is 3.53. The van der Waals surface area contributed by atoms with E-state index in [0.717, 1.165) is 14.5 Å². The highest BCUT2D eigenvalue weighted by molar-refractivity contribution is 14.1. The zero-order valence-electron chi connectivity index (χ0n) is 11.3. The van der Waals surface area contributed by atoms with Crippen molar-refractivity contribution in [1.29, 1.82) is 0 Å². The molecule has 1 nitrogen and oxygen atoms in total. The fraction of sp³-hybridized carbons (Fsp3) is 0. The molecular formula is C19H13IO. The first-order chi connectivity index (χ1) is 10.2. The maximum Gasteiger partial charge on any atom is 0.185 e. The van der Waals surface area contributed by atoms with Crippen molar-refractivity contribution >= 4 is 45.2 Å². The van der Waals surface area contributed by atoms with E-state index in [1.54, 1.807) is 6.08 Å². The molecule has 0 atom stereocenters. The molecule has 0 radical (unpaired) electrons. The lowest BCUT2D eigenvalue weighted by Gasteiger charge is -2.01. The van der Waals surface area contributed by atoms with Crippen molar-refractivity contribution in [3.63, 3.8) is 0 Å². The van der Waals surface area contributed by atoms with Gasteiger partial charge in [-0.15, -0.1) is 0 Å². The summed E-state index contributed by atoms with van der Waals surface area (Å²) in [5.74, 6) is 0.0272. The van der Waals surface area contributed by atoms with Gasteiger partial charge in [-0.1, -0.05) is 60.7 Å². The van der Waals surface area contributed by atoms with E-state index >= 15 is 0 Å². The summed E-state index contributed by atoms with van der Waals surface area (Å²) < 4.78 is 1.13. The first kappa shape index (κ1) is 14.0. The van der Waals surface area contributed by atoms with Crippen molar-refractivity contribution in [1.82, 2.24) is 0 Å². The topological polar surface area (TPSA) is 17.1 Å². The second kappa shape index (κ2) is 6.22. The molecule has 21 heavy (non-hydrogen) atoms. The molecule has 0 aliphatic rings. The van der Waals surface area contributed by atoms with Crippen LogP contribution in [0.5, 0.6) is 0 Å². The minimum Gasteiger partial charge on any atom is -0.289 e. The molecule has 0 bridgehead atoms. The van der Waals surface area contributed by atoms with Crippen molar-refractivity contribution in [2.45, 2.75) is 0 Å². The first-order valence-corrected chi connectivity index (χ1v) is 7.78. The average Bonchev–Trinajstić information content (AvgIpc) is 2.53. The Balaban J connectivity index is 1.91. The first-order valence-electron chi connectivity index (χ1n) is 6.70. The van der Waals surface area contributed by atoms with Crippen molar-refractivity contribution in [2.75, 3.05) is 0 Å². The number of rotatable bonds is 3. The van der Waals surface area contributed by atoms with Crippen LogP contribution < -0.4 is 0 Å². The lowest BCUT2D eigenvalue weighted by molar-refractivity contribution is 0.104. The number of carbonyl (C=O) groups is 1. The maximum absolute atomic E-state index is 12.2. The van der Waals surface area contributed by atoms with Gasteiger partial charge in [0.2, 0.25) is 0 Å². The van der Waals surface area contributed by atoms with Crippen LogP contribution in [0.1, 0.15) is 15.9 Å². The van der Waals surface area contributed by atoms with E-state index in [4.69, 9.17) is 0 Å². The molecule has 0 saturated carbocycles. The number of benzene rings is 3. The minimum atomic E-state index is 0.0272. The molecule has 0 aliphatic heterocycles. The Kier molecular flexibility index (Phi) is 4.15. The molecule has 0 fully saturated rings. The van der Waals surface area contributed by atoms with Crippen molar-refractivity contribution in [3.05, 3.63) is 87.5 Å². The Labute approximate surface area is 137 Å². The zero-order chi connectivity index (χ0) is 14.7. The van der Waals surface area contributed by atoms with Crippen LogP contribution in [-0.4, -0.2) is 5.78 Å². The van der Waals surface area contributed by atoms with Gasteiger partial charge in [0.1, 0.15) is 0 Å². The van der Waals surface area contributed by atoms with Crippen molar-refractivity contribution < 1.29 is 4.79 Å². The van der Waals surface area contributed by atoms with Crippen LogP contribution in [0, 0.1) is 3.57 Å². The predicted octanol–water partition coefficient (Wildman–Crippen LogP) is 5.34. The van der Waals surface area contributed by atoms with Crippen molar-refractivity contribution in [2.24, 2.45) is 0 Å². The van der Waals surface area contributed by atoms with E-state index in [2.05, 4.69) is 40.8 Å². The molecule has 0 spiro atoms. The number of ketones is 1. The van der Waals surface area contributed by atoms with E-state index in [1.165, 1.54) is 5.39 Å². The number of fused-ring (bicyclic) bond motifs is 1. The van der Waals surface area contributed by atoms with Crippen molar-refractivity contribution in [3.8, 4) is 0 Å². The van der Waals surface area contributed by atoms with Gasteiger partial charge in [-0.25, -0.2) is 0 Å². The number of carbonyl (C=O) groups excluding carboxylic acids is 1. The number of hydrogen-bond donors (Lipinski definition) is 0. The zero-order valence-corrected chi connectivity index (χ0v) is 13.4. The normalized spacial score (nSPS) is 11.1. The van der Waals surface area contributed by atoms with Gasteiger partial charge in [0.25, 0.3) is 0 Å². The van der Waals surface area contributed by atoms with E-state index in [-0.39, 0.29) is 5.78 Å². The molecule has 102 valence electrons. The summed E-state index contributed by atoms with van der Waals surface area (Å²) in [6.45, 7) is 0. The molecule has 0 N–H and O–H groups in total. The van der Waals surface area contributed by atoms with Gasteiger partial charge in [-0.05, 0) is 57.1 Å². The van der Waals surface area contributed by atoms with Crippen LogP contribution in [0.3, 0.4) is 0 Å². The summed E-state index contributed by atoms with van der Waals surface area (Å²) >= 11 is 2.23. The number of halogens is 1. The van der Waals surface area contributed by atoms with Crippen LogP contribution in [0.15, 0.2) is 72.8 Å². The van der Waals surface area contributed by atoms with Gasteiger partial charge in [-0.3, -0.25) is 4.79 Å². The van der Waals surface area contributed by atoms with Crippen LogP contribution in [0.4, 0.5) is 0 Å². The third kappa shape index (κ3) is 3.22. The van der Waals surface area contributed by atoms with Gasteiger partial charge < -0.3 is 0 Å². The Morgan fingerprint density at radius 3 is 2.38 bits per heavy atom. The monoisotopic (exact) mass is 384 g/mol. The second-order valence-corrected chi connectivity index (χ2v) is 6.02. The van der Waals surface area contributed by atoms with E-state index in [1.807, 2.05) is 54.6 Å². The summed E-state index contributed by atoms with van der Waals surface area (Å²) in [4.78, 5) is 12.2. The fourth-order valence-electron chi connectivity index (χ4n) is 2.27. The third-order valence-corrected chi connectivity index (χ3v) is 4.09. The molecule has 0 saturated heterocycles. The maximum atomic E-state index is 12.2. The molecule has 0 aliphatic carbocycles. The molecule has 3 aromatic rings. The molecule has 0 amide bonds. The van der Waals surface area contributed by atoms with Crippen LogP contribution >= 0.6 is 22.6 Å². The Morgan fingerprint density at radius 1 is 0.857 bits per heavy atom. The highest BCUT2D eigenvalue weighted by Crippen LogP contribution is 2.20. The lowest BCUT2D eigenvalue weighted by atomic mass is 10.0. The quantitative estimate of drug-likeness (QED) is 0.339. The molecule has 0 aromatic heterocycles. The summed E-state index contributed by atoms with van der Waals surface area (Å²) in [6, 6.07) is 21.9. The lowest BCUT2D eigenvalue weighted by Crippen LogP contribution is -1.93. The Hall–Kier alpha value is -1.94. The van der Waals surface area contributed by atoms with Crippen LogP contribution in [-0.2, 0) is 0 Å². The SMILES string of the molecule is O=C(/C=C/c1cccc2ccccc12)c1ccc(I)cc1. The largest absolute Gasteiger partial charge is 0.289 e. The second-order valence-electron chi connectivity index (χ2n) is 4.77. The summed E-state index contributed by atoms with van der Waals surface area (Å²) in [5.41, 5.74) is 1.78. The van der Waals surface area contributed by atoms with E-state index in [0.29, 0.717) is 5.56 Å². The van der Waals surface area contributed by atoms with E-state index in [9.17, 15) is 4.79 Å². The van der Waals surface area contributed by atoms with Gasteiger partial charge >= 0.3 is 0 Å². The molecule has 3 rings (SSSR count). The minimum absolute atomic E-state index is 0.0272. The van der Waals surface area contributed by atoms with Crippen LogP contribution in [0.25, 0.3) is 16.8 Å². The summed E-state index contributed by atoms with van der Waals surface area (Å²) in [5, 5.41) is 2.34. The molecule has 2 heteroatoms. The Bertz CT molecular complexity index is 811. The predicted molar refractivity (Wildman–Crippen MR) is 96.5 cm³/mol. The summed E-state index contributed by atoms with van der Waals surface area (Å²) in [7, 11) is 0.